The van der Waals surface area contributed by atoms with E-state index in [9.17, 15) is 9.90 Å². The molecule has 110 valence electrons. The van der Waals surface area contributed by atoms with Crippen LogP contribution in [-0.2, 0) is 16.1 Å². The van der Waals surface area contributed by atoms with Gasteiger partial charge in [0.1, 0.15) is 5.75 Å². The number of methoxy groups -OCH3 is 2. The molecule has 2 rings (SSSR count). The third-order valence-corrected chi connectivity index (χ3v) is 3.64. The van der Waals surface area contributed by atoms with Gasteiger partial charge in [-0.3, -0.25) is 4.90 Å². The average Bonchev–Trinajstić information content (AvgIpc) is 2.98. The highest BCUT2D eigenvalue weighted by atomic mass is 16.5. The first-order valence-corrected chi connectivity index (χ1v) is 6.80. The summed E-state index contributed by atoms with van der Waals surface area (Å²) in [7, 11) is 2.89. The van der Waals surface area contributed by atoms with E-state index in [-0.39, 0.29) is 0 Å². The highest BCUT2D eigenvalue weighted by molar-refractivity contribution is 5.76. The van der Waals surface area contributed by atoms with Crippen molar-refractivity contribution in [2.45, 2.75) is 25.5 Å². The van der Waals surface area contributed by atoms with Gasteiger partial charge in [0.2, 0.25) is 0 Å². The zero-order chi connectivity index (χ0) is 14.5. The molecule has 0 radical (unpaired) electrons. The van der Waals surface area contributed by atoms with E-state index < -0.39 is 12.1 Å². The summed E-state index contributed by atoms with van der Waals surface area (Å²) in [6, 6.07) is 5.29. The summed E-state index contributed by atoms with van der Waals surface area (Å²) >= 11 is 0. The molecule has 1 aromatic carbocycles. The molecule has 1 unspecified atom stereocenters. The number of rotatable bonds is 5. The molecule has 0 aliphatic carbocycles. The summed E-state index contributed by atoms with van der Waals surface area (Å²) in [5.74, 6) is 0.125. The number of carbonyl (C=O) groups is 1. The lowest BCUT2D eigenvalue weighted by molar-refractivity contribution is -0.150. The molecule has 1 heterocycles. The fourth-order valence-electron chi connectivity index (χ4n) is 2.52. The van der Waals surface area contributed by atoms with Gasteiger partial charge in [0.25, 0.3) is 0 Å². The quantitative estimate of drug-likeness (QED) is 0.828. The minimum Gasteiger partial charge on any atom is -0.496 e. The number of esters is 1. The van der Waals surface area contributed by atoms with Gasteiger partial charge in [-0.15, -0.1) is 0 Å². The van der Waals surface area contributed by atoms with Crippen molar-refractivity contribution in [2.24, 2.45) is 0 Å². The summed E-state index contributed by atoms with van der Waals surface area (Å²) < 4.78 is 9.92. The highest BCUT2D eigenvalue weighted by Crippen LogP contribution is 2.26. The molecule has 1 saturated heterocycles. The second-order valence-electron chi connectivity index (χ2n) is 4.98. The molecule has 5 nitrogen and oxygen atoms in total. The predicted molar refractivity (Wildman–Crippen MR) is 74.5 cm³/mol. The molecule has 1 atom stereocenters. The van der Waals surface area contributed by atoms with Gasteiger partial charge >= 0.3 is 5.97 Å². The van der Waals surface area contributed by atoms with E-state index in [4.69, 9.17) is 4.74 Å². The minimum atomic E-state index is -1.25. The average molecular weight is 279 g/mol. The fourth-order valence-corrected chi connectivity index (χ4v) is 2.52. The van der Waals surface area contributed by atoms with Gasteiger partial charge in [-0.25, -0.2) is 4.79 Å². The first-order valence-electron chi connectivity index (χ1n) is 6.80. The molecule has 20 heavy (non-hydrogen) atoms. The van der Waals surface area contributed by atoms with E-state index in [2.05, 4.69) is 9.64 Å². The minimum absolute atomic E-state index is 0.534. The maximum Gasteiger partial charge on any atom is 0.339 e. The third-order valence-electron chi connectivity index (χ3n) is 3.64. The number of carbonyl (C=O) groups excluding carboxylic acids is 1. The van der Waals surface area contributed by atoms with Crippen LogP contribution in [0.3, 0.4) is 0 Å². The Balaban J connectivity index is 2.21. The van der Waals surface area contributed by atoms with Gasteiger partial charge in [0.15, 0.2) is 6.10 Å². The molecule has 0 amide bonds. The van der Waals surface area contributed by atoms with Crippen LogP contribution in [0.4, 0.5) is 0 Å². The standard InChI is InChI=1S/C15H21NO4/c1-19-13-6-5-11(14(17)15(18)20-2)9-12(13)10-16-7-3-4-8-16/h5-6,9,14,17H,3-4,7-8,10H2,1-2H3. The number of hydrogen-bond donors (Lipinski definition) is 1. The largest absolute Gasteiger partial charge is 0.496 e. The van der Waals surface area contributed by atoms with Gasteiger partial charge in [0.05, 0.1) is 14.2 Å². The van der Waals surface area contributed by atoms with Crippen LogP contribution < -0.4 is 4.74 Å². The topological polar surface area (TPSA) is 59.0 Å². The summed E-state index contributed by atoms with van der Waals surface area (Å²) in [6.07, 6.45) is 1.18. The fraction of sp³-hybridized carbons (Fsp3) is 0.533. The predicted octanol–water partition coefficient (Wildman–Crippen LogP) is 1.50. The Bertz CT molecular complexity index is 469. The number of aliphatic hydroxyl groups is 1. The van der Waals surface area contributed by atoms with Gasteiger partial charge in [-0.05, 0) is 43.6 Å². The maximum absolute atomic E-state index is 11.4. The second-order valence-corrected chi connectivity index (χ2v) is 4.98. The first kappa shape index (κ1) is 14.8. The van der Waals surface area contributed by atoms with Gasteiger partial charge in [-0.2, -0.15) is 0 Å². The molecule has 0 saturated carbocycles. The molecule has 1 aliphatic heterocycles. The van der Waals surface area contributed by atoms with Crippen LogP contribution in [-0.4, -0.2) is 43.3 Å². The molecule has 5 heteroatoms. The van der Waals surface area contributed by atoms with Crippen molar-refractivity contribution in [3.05, 3.63) is 29.3 Å². The van der Waals surface area contributed by atoms with Crippen molar-refractivity contribution in [3.63, 3.8) is 0 Å². The van der Waals surface area contributed by atoms with E-state index in [1.807, 2.05) is 6.07 Å². The molecule has 1 aromatic rings. The Morgan fingerprint density at radius 1 is 1.35 bits per heavy atom. The molecule has 0 bridgehead atoms. The molecule has 1 N–H and O–H groups in total. The summed E-state index contributed by atoms with van der Waals surface area (Å²) in [5, 5.41) is 9.91. The lowest BCUT2D eigenvalue weighted by Gasteiger charge is -2.18. The van der Waals surface area contributed by atoms with Crippen molar-refractivity contribution in [2.75, 3.05) is 27.3 Å². The number of likely N-dealkylation sites (tertiary alicyclic amines) is 1. The van der Waals surface area contributed by atoms with E-state index in [1.165, 1.54) is 20.0 Å². The van der Waals surface area contributed by atoms with Crippen LogP contribution in [0.1, 0.15) is 30.1 Å². The van der Waals surface area contributed by atoms with Crippen molar-refractivity contribution < 1.29 is 19.4 Å². The third kappa shape index (κ3) is 3.29. The molecule has 1 fully saturated rings. The number of ether oxygens (including phenoxy) is 2. The van der Waals surface area contributed by atoms with Crippen LogP contribution in [0.15, 0.2) is 18.2 Å². The lowest BCUT2D eigenvalue weighted by Crippen LogP contribution is -2.19. The maximum atomic E-state index is 11.4. The van der Waals surface area contributed by atoms with Gasteiger partial charge in [-0.1, -0.05) is 6.07 Å². The molecule has 0 spiro atoms. The zero-order valence-electron chi connectivity index (χ0n) is 12.0. The monoisotopic (exact) mass is 279 g/mol. The van der Waals surface area contributed by atoms with Crippen LogP contribution >= 0.6 is 0 Å². The van der Waals surface area contributed by atoms with E-state index in [0.717, 1.165) is 30.9 Å². The smallest absolute Gasteiger partial charge is 0.339 e. The van der Waals surface area contributed by atoms with E-state index in [0.29, 0.717) is 5.56 Å². The van der Waals surface area contributed by atoms with Gasteiger partial charge in [0, 0.05) is 12.1 Å². The Morgan fingerprint density at radius 3 is 2.65 bits per heavy atom. The molecular formula is C15H21NO4. The van der Waals surface area contributed by atoms with Crippen molar-refractivity contribution in [1.82, 2.24) is 4.90 Å². The van der Waals surface area contributed by atoms with Crippen LogP contribution in [0.25, 0.3) is 0 Å². The number of nitrogens with zero attached hydrogens (tertiary/aromatic N) is 1. The SMILES string of the molecule is COC(=O)C(O)c1ccc(OC)c(CN2CCCC2)c1. The Morgan fingerprint density at radius 2 is 2.05 bits per heavy atom. The Kier molecular flexibility index (Phi) is 4.98. The summed E-state index contributed by atoms with van der Waals surface area (Å²) in [4.78, 5) is 13.7. The number of aliphatic hydroxyl groups excluding tert-OH is 1. The molecular weight excluding hydrogens is 258 g/mol. The molecule has 1 aliphatic rings. The van der Waals surface area contributed by atoms with Crippen LogP contribution in [0.5, 0.6) is 5.75 Å². The lowest BCUT2D eigenvalue weighted by atomic mass is 10.0. The van der Waals surface area contributed by atoms with Crippen molar-refractivity contribution >= 4 is 5.97 Å². The van der Waals surface area contributed by atoms with E-state index >= 15 is 0 Å². The van der Waals surface area contributed by atoms with E-state index in [1.54, 1.807) is 19.2 Å². The zero-order valence-corrected chi connectivity index (χ0v) is 12.0. The number of hydrogen-bond acceptors (Lipinski definition) is 5. The summed E-state index contributed by atoms with van der Waals surface area (Å²) in [6.45, 7) is 2.92. The normalized spacial score (nSPS) is 16.9. The number of benzene rings is 1. The second kappa shape index (κ2) is 6.72. The summed E-state index contributed by atoms with van der Waals surface area (Å²) in [5.41, 5.74) is 1.52. The van der Waals surface area contributed by atoms with Crippen molar-refractivity contribution in [3.8, 4) is 5.75 Å². The van der Waals surface area contributed by atoms with Crippen LogP contribution in [0.2, 0.25) is 0 Å². The Labute approximate surface area is 119 Å². The first-order chi connectivity index (χ1) is 9.65. The van der Waals surface area contributed by atoms with Gasteiger partial charge < -0.3 is 14.6 Å². The highest BCUT2D eigenvalue weighted by Gasteiger charge is 2.20. The van der Waals surface area contributed by atoms with Crippen LogP contribution in [0, 0.1) is 0 Å². The molecule has 0 aromatic heterocycles. The Hall–Kier alpha value is -1.59. The van der Waals surface area contributed by atoms with Crippen molar-refractivity contribution in [1.29, 1.82) is 0 Å².